The van der Waals surface area contributed by atoms with Gasteiger partial charge in [0, 0.05) is 8.59 Å². The summed E-state index contributed by atoms with van der Waals surface area (Å²) in [4.78, 5) is 26.3. The highest BCUT2D eigenvalue weighted by molar-refractivity contribution is 14.1. The summed E-state index contributed by atoms with van der Waals surface area (Å²) in [5, 5.41) is 3.06. The third kappa shape index (κ3) is 5.48. The molecule has 1 fully saturated rings. The molecule has 0 bridgehead atoms. The topological polar surface area (TPSA) is 67.9 Å². The predicted octanol–water partition coefficient (Wildman–Crippen LogP) is 6.02. The fourth-order valence-corrected chi connectivity index (χ4v) is 3.84. The molecule has 0 saturated carbocycles. The van der Waals surface area contributed by atoms with Gasteiger partial charge in [0.15, 0.2) is 11.5 Å². The van der Waals surface area contributed by atoms with E-state index in [-0.39, 0.29) is 5.70 Å². The molecule has 0 aromatic heterocycles. The summed E-state index contributed by atoms with van der Waals surface area (Å²) in [6.45, 7) is 2.75. The Morgan fingerprint density at radius 3 is 2.52 bits per heavy atom. The molecule has 0 radical (unpaired) electrons. The number of rotatable bonds is 7. The Morgan fingerprint density at radius 1 is 1.00 bits per heavy atom. The first kappa shape index (κ1) is 23.1. The molecule has 1 aliphatic rings. The van der Waals surface area contributed by atoms with Crippen molar-refractivity contribution >= 4 is 57.9 Å². The van der Waals surface area contributed by atoms with Gasteiger partial charge in [0.2, 0.25) is 0 Å². The molecule has 0 unspecified atom stereocenters. The van der Waals surface area contributed by atoms with Crippen molar-refractivity contribution in [2.24, 2.45) is 0 Å². The van der Waals surface area contributed by atoms with E-state index in [1.54, 1.807) is 48.5 Å². The van der Waals surface area contributed by atoms with Gasteiger partial charge < -0.3 is 14.8 Å². The number of anilines is 1. The molecule has 0 aliphatic carbocycles. The first-order valence-electron chi connectivity index (χ1n) is 10.2. The maximum absolute atomic E-state index is 12.9. The zero-order valence-electron chi connectivity index (χ0n) is 17.7. The lowest BCUT2D eigenvalue weighted by atomic mass is 10.1. The number of hydrogen-bond donors (Lipinski definition) is 1. The van der Waals surface area contributed by atoms with Crippen molar-refractivity contribution in [2.45, 2.75) is 13.5 Å². The van der Waals surface area contributed by atoms with Crippen molar-refractivity contribution in [3.05, 3.63) is 92.1 Å². The van der Waals surface area contributed by atoms with Crippen molar-refractivity contribution in [1.82, 2.24) is 5.32 Å². The number of carbonyl (C=O) groups excluding carboxylic acids is 2. The molecule has 33 heavy (non-hydrogen) atoms. The summed E-state index contributed by atoms with van der Waals surface area (Å²) >= 11 is 8.27. The van der Waals surface area contributed by atoms with Crippen molar-refractivity contribution in [2.75, 3.05) is 11.5 Å². The Labute approximate surface area is 210 Å². The van der Waals surface area contributed by atoms with E-state index >= 15 is 0 Å². The zero-order valence-corrected chi connectivity index (χ0v) is 20.6. The van der Waals surface area contributed by atoms with E-state index in [9.17, 15) is 9.59 Å². The van der Waals surface area contributed by atoms with E-state index in [1.165, 1.54) is 0 Å². The Kier molecular flexibility index (Phi) is 7.20. The van der Waals surface area contributed by atoms with Crippen LogP contribution in [0.25, 0.3) is 6.08 Å². The first-order chi connectivity index (χ1) is 15.9. The number of amides is 3. The summed E-state index contributed by atoms with van der Waals surface area (Å²) in [7, 11) is 0. The Hall–Kier alpha value is -3.04. The van der Waals surface area contributed by atoms with Gasteiger partial charge in [-0.3, -0.25) is 4.79 Å². The van der Waals surface area contributed by atoms with Gasteiger partial charge in [-0.1, -0.05) is 35.9 Å². The van der Waals surface area contributed by atoms with Crippen LogP contribution in [0.1, 0.15) is 18.1 Å². The van der Waals surface area contributed by atoms with Crippen LogP contribution < -0.4 is 19.7 Å². The van der Waals surface area contributed by atoms with Gasteiger partial charge in [-0.2, -0.15) is 0 Å². The fourth-order valence-electron chi connectivity index (χ4n) is 3.30. The minimum Gasteiger partial charge on any atom is -0.490 e. The van der Waals surface area contributed by atoms with E-state index in [0.29, 0.717) is 41.0 Å². The molecule has 3 amide bonds. The lowest BCUT2D eigenvalue weighted by molar-refractivity contribution is -0.113. The monoisotopic (exact) mass is 574 g/mol. The maximum atomic E-state index is 12.9. The van der Waals surface area contributed by atoms with Crippen LogP contribution in [0.2, 0.25) is 5.02 Å². The average molecular weight is 575 g/mol. The number of nitrogens with one attached hydrogen (secondary N) is 1. The summed E-state index contributed by atoms with van der Waals surface area (Å²) in [6.07, 6.45) is 1.61. The van der Waals surface area contributed by atoms with Gasteiger partial charge in [0.1, 0.15) is 12.3 Å². The molecule has 1 heterocycles. The average Bonchev–Trinajstić information content (AvgIpc) is 3.07. The Bertz CT molecular complexity index is 1230. The number of ether oxygens (including phenoxy) is 2. The highest BCUT2D eigenvalue weighted by atomic mass is 127. The number of urea groups is 1. The molecule has 0 spiro atoms. The lowest BCUT2D eigenvalue weighted by Crippen LogP contribution is -2.30. The van der Waals surface area contributed by atoms with E-state index in [0.717, 1.165) is 14.0 Å². The SMILES string of the molecule is CCOc1cc(/C=C2/NC(=O)N(c3cccc(Cl)c3)C2=O)ccc1OCc1ccc(I)cc1. The van der Waals surface area contributed by atoms with E-state index in [1.807, 2.05) is 31.2 Å². The van der Waals surface area contributed by atoms with Crippen LogP contribution in [-0.4, -0.2) is 18.5 Å². The molecule has 1 saturated heterocycles. The van der Waals surface area contributed by atoms with Gasteiger partial charge in [-0.05, 0) is 89.2 Å². The van der Waals surface area contributed by atoms with Crippen LogP contribution in [0, 0.1) is 3.57 Å². The molecule has 6 nitrogen and oxygen atoms in total. The van der Waals surface area contributed by atoms with Gasteiger partial charge >= 0.3 is 6.03 Å². The second-order valence-corrected chi connectivity index (χ2v) is 8.84. The Morgan fingerprint density at radius 2 is 1.79 bits per heavy atom. The van der Waals surface area contributed by atoms with Crippen molar-refractivity contribution in [1.29, 1.82) is 0 Å². The van der Waals surface area contributed by atoms with Crippen LogP contribution in [0.15, 0.2) is 72.4 Å². The zero-order chi connectivity index (χ0) is 23.4. The highest BCUT2D eigenvalue weighted by Crippen LogP contribution is 2.31. The van der Waals surface area contributed by atoms with Crippen LogP contribution in [0.3, 0.4) is 0 Å². The molecule has 3 aromatic carbocycles. The van der Waals surface area contributed by atoms with Crippen LogP contribution in [0.5, 0.6) is 11.5 Å². The lowest BCUT2D eigenvalue weighted by Gasteiger charge is -2.13. The standard InChI is InChI=1S/C25H20ClIN2O4/c1-2-32-23-13-17(8-11-22(23)33-15-16-6-9-19(27)10-7-16)12-21-24(30)29(25(31)28-21)20-5-3-4-18(26)14-20/h3-14H,2,15H2,1H3,(H,28,31)/b21-12+. The summed E-state index contributed by atoms with van der Waals surface area (Å²) in [5.41, 5.74) is 2.30. The number of hydrogen-bond acceptors (Lipinski definition) is 4. The van der Waals surface area contributed by atoms with Crippen molar-refractivity contribution in [3.63, 3.8) is 0 Å². The van der Waals surface area contributed by atoms with Crippen molar-refractivity contribution < 1.29 is 19.1 Å². The molecular formula is C25H20ClIN2O4. The fraction of sp³-hybridized carbons (Fsp3) is 0.120. The molecule has 1 N–H and O–H groups in total. The molecule has 4 rings (SSSR count). The normalized spacial score (nSPS) is 14.5. The number of carbonyl (C=O) groups is 2. The van der Waals surface area contributed by atoms with Gasteiger partial charge in [-0.25, -0.2) is 9.69 Å². The van der Waals surface area contributed by atoms with Gasteiger partial charge in [-0.15, -0.1) is 0 Å². The number of benzene rings is 3. The molecule has 1 aliphatic heterocycles. The van der Waals surface area contributed by atoms with E-state index in [2.05, 4.69) is 27.9 Å². The van der Waals surface area contributed by atoms with Gasteiger partial charge in [0.25, 0.3) is 5.91 Å². The smallest absolute Gasteiger partial charge is 0.333 e. The molecule has 168 valence electrons. The maximum Gasteiger partial charge on any atom is 0.333 e. The predicted molar refractivity (Wildman–Crippen MR) is 137 cm³/mol. The summed E-state index contributed by atoms with van der Waals surface area (Å²) in [6, 6.07) is 19.5. The number of nitrogens with zero attached hydrogens (tertiary/aromatic N) is 1. The van der Waals surface area contributed by atoms with E-state index in [4.69, 9.17) is 21.1 Å². The second-order valence-electron chi connectivity index (χ2n) is 7.16. The third-order valence-electron chi connectivity index (χ3n) is 4.83. The van der Waals surface area contributed by atoms with E-state index < -0.39 is 11.9 Å². The number of halogens is 2. The summed E-state index contributed by atoms with van der Waals surface area (Å²) < 4.78 is 12.9. The molecule has 3 aromatic rings. The molecular weight excluding hydrogens is 555 g/mol. The minimum absolute atomic E-state index is 0.162. The van der Waals surface area contributed by atoms with Crippen LogP contribution in [-0.2, 0) is 11.4 Å². The minimum atomic E-state index is -0.531. The van der Waals surface area contributed by atoms with Gasteiger partial charge in [0.05, 0.1) is 12.3 Å². The van der Waals surface area contributed by atoms with Crippen LogP contribution in [0.4, 0.5) is 10.5 Å². The van der Waals surface area contributed by atoms with Crippen molar-refractivity contribution in [3.8, 4) is 11.5 Å². The quantitative estimate of drug-likeness (QED) is 0.213. The Balaban J connectivity index is 1.55. The summed E-state index contributed by atoms with van der Waals surface area (Å²) in [5.74, 6) is 0.694. The number of imide groups is 1. The second kappa shape index (κ2) is 10.3. The molecule has 8 heteroatoms. The highest BCUT2D eigenvalue weighted by Gasteiger charge is 2.35. The first-order valence-corrected chi connectivity index (χ1v) is 11.7. The largest absolute Gasteiger partial charge is 0.490 e. The third-order valence-corrected chi connectivity index (χ3v) is 5.79. The molecule has 0 atom stereocenters. The van der Waals surface area contributed by atoms with Crippen LogP contribution >= 0.6 is 34.2 Å².